The Morgan fingerprint density at radius 1 is 1.00 bits per heavy atom. The van der Waals surface area contributed by atoms with E-state index in [0.29, 0.717) is 18.5 Å². The number of carbonyl (C=O) groups is 2. The Kier molecular flexibility index (Phi) is 5.80. The molecule has 0 bridgehead atoms. The first-order valence-corrected chi connectivity index (χ1v) is 7.68. The minimum absolute atomic E-state index is 0.145. The van der Waals surface area contributed by atoms with Crippen molar-refractivity contribution >= 4 is 23.2 Å². The zero-order chi connectivity index (χ0) is 18.4. The van der Waals surface area contributed by atoms with Crippen molar-refractivity contribution in [2.45, 2.75) is 25.9 Å². The number of amides is 2. The van der Waals surface area contributed by atoms with Crippen molar-refractivity contribution in [3.63, 3.8) is 0 Å². The predicted molar refractivity (Wildman–Crippen MR) is 89.4 cm³/mol. The number of halogens is 3. The lowest BCUT2D eigenvalue weighted by molar-refractivity contribution is -0.136. The molecule has 0 saturated heterocycles. The van der Waals surface area contributed by atoms with Gasteiger partial charge in [0.2, 0.25) is 5.91 Å². The monoisotopic (exact) mass is 350 g/mol. The van der Waals surface area contributed by atoms with E-state index in [9.17, 15) is 22.8 Å². The van der Waals surface area contributed by atoms with Crippen LogP contribution in [0.25, 0.3) is 0 Å². The van der Waals surface area contributed by atoms with Gasteiger partial charge < -0.3 is 10.6 Å². The zero-order valence-electron chi connectivity index (χ0n) is 13.5. The van der Waals surface area contributed by atoms with Crippen LogP contribution in [0.2, 0.25) is 0 Å². The van der Waals surface area contributed by atoms with Crippen molar-refractivity contribution < 1.29 is 22.8 Å². The van der Waals surface area contributed by atoms with E-state index in [2.05, 4.69) is 10.6 Å². The van der Waals surface area contributed by atoms with Gasteiger partial charge in [0, 0.05) is 17.7 Å². The minimum atomic E-state index is -4.57. The van der Waals surface area contributed by atoms with Gasteiger partial charge in [-0.3, -0.25) is 9.59 Å². The summed E-state index contributed by atoms with van der Waals surface area (Å²) in [6, 6.07) is 10.8. The maximum atomic E-state index is 13.0. The Morgan fingerprint density at radius 2 is 1.72 bits per heavy atom. The summed E-state index contributed by atoms with van der Waals surface area (Å²) in [6.07, 6.45) is -3.55. The van der Waals surface area contributed by atoms with Crippen molar-refractivity contribution in [3.05, 3.63) is 59.7 Å². The van der Waals surface area contributed by atoms with Crippen molar-refractivity contribution in [2.24, 2.45) is 0 Å². The van der Waals surface area contributed by atoms with E-state index >= 15 is 0 Å². The van der Waals surface area contributed by atoms with E-state index in [1.165, 1.54) is 30.3 Å². The zero-order valence-corrected chi connectivity index (χ0v) is 13.5. The van der Waals surface area contributed by atoms with Gasteiger partial charge in [-0.05, 0) is 36.8 Å². The minimum Gasteiger partial charge on any atom is -0.326 e. The number of carbonyl (C=O) groups excluding carboxylic acids is 2. The van der Waals surface area contributed by atoms with Gasteiger partial charge in [0.05, 0.1) is 11.3 Å². The van der Waals surface area contributed by atoms with Crippen molar-refractivity contribution in [1.82, 2.24) is 0 Å². The fourth-order valence-electron chi connectivity index (χ4n) is 2.22. The van der Waals surface area contributed by atoms with E-state index < -0.39 is 17.6 Å². The second kappa shape index (κ2) is 7.83. The van der Waals surface area contributed by atoms with Crippen LogP contribution in [0.1, 0.15) is 35.7 Å². The molecule has 0 atom stereocenters. The smallest absolute Gasteiger partial charge is 0.326 e. The lowest BCUT2D eigenvalue weighted by Gasteiger charge is -2.14. The molecule has 2 aromatic carbocycles. The maximum Gasteiger partial charge on any atom is 0.418 e. The second-order valence-corrected chi connectivity index (χ2v) is 5.38. The third-order valence-electron chi connectivity index (χ3n) is 3.37. The highest BCUT2D eigenvalue weighted by atomic mass is 19.4. The molecule has 0 heterocycles. The van der Waals surface area contributed by atoms with Crippen molar-refractivity contribution in [2.75, 3.05) is 10.6 Å². The van der Waals surface area contributed by atoms with Gasteiger partial charge in [-0.15, -0.1) is 0 Å². The number of anilines is 2. The summed E-state index contributed by atoms with van der Waals surface area (Å²) in [7, 11) is 0. The summed E-state index contributed by atoms with van der Waals surface area (Å²) >= 11 is 0. The highest BCUT2D eigenvalue weighted by Crippen LogP contribution is 2.34. The second-order valence-electron chi connectivity index (χ2n) is 5.38. The van der Waals surface area contributed by atoms with Gasteiger partial charge >= 0.3 is 6.18 Å². The highest BCUT2D eigenvalue weighted by molar-refractivity contribution is 6.05. The number of para-hydroxylation sites is 1. The van der Waals surface area contributed by atoms with E-state index in [1.807, 2.05) is 6.92 Å². The van der Waals surface area contributed by atoms with Gasteiger partial charge in [0.1, 0.15) is 0 Å². The first-order valence-electron chi connectivity index (χ1n) is 7.68. The normalized spacial score (nSPS) is 11.0. The number of alkyl halides is 3. The van der Waals surface area contributed by atoms with Crippen LogP contribution in [-0.2, 0) is 11.0 Å². The third kappa shape index (κ3) is 5.07. The Morgan fingerprint density at radius 3 is 2.40 bits per heavy atom. The molecule has 0 aliphatic heterocycles. The average molecular weight is 350 g/mol. The molecule has 7 heteroatoms. The van der Waals surface area contributed by atoms with Crippen LogP contribution < -0.4 is 10.6 Å². The molecule has 0 unspecified atom stereocenters. The number of hydrogen-bond acceptors (Lipinski definition) is 2. The van der Waals surface area contributed by atoms with Crippen LogP contribution in [-0.4, -0.2) is 11.8 Å². The molecule has 0 spiro atoms. The van der Waals surface area contributed by atoms with Crippen LogP contribution in [0.5, 0.6) is 0 Å². The molecule has 0 fully saturated rings. The van der Waals surface area contributed by atoms with Crippen LogP contribution in [0.4, 0.5) is 24.5 Å². The van der Waals surface area contributed by atoms with Gasteiger partial charge in [0.25, 0.3) is 5.91 Å². The van der Waals surface area contributed by atoms with Crippen LogP contribution in [0, 0.1) is 0 Å². The van der Waals surface area contributed by atoms with Gasteiger partial charge in [0.15, 0.2) is 0 Å². The van der Waals surface area contributed by atoms with Crippen LogP contribution in [0.15, 0.2) is 48.5 Å². The molecular formula is C18H17F3N2O2. The number of hydrogen-bond donors (Lipinski definition) is 2. The van der Waals surface area contributed by atoms with Crippen LogP contribution in [0.3, 0.4) is 0 Å². The first-order chi connectivity index (χ1) is 11.8. The summed E-state index contributed by atoms with van der Waals surface area (Å²) in [5.41, 5.74) is -0.683. The Balaban J connectivity index is 2.18. The van der Waals surface area contributed by atoms with Crippen molar-refractivity contribution in [3.8, 4) is 0 Å². The van der Waals surface area contributed by atoms with E-state index in [4.69, 9.17) is 0 Å². The fraction of sp³-hybridized carbons (Fsp3) is 0.222. The van der Waals surface area contributed by atoms with Gasteiger partial charge in [-0.25, -0.2) is 0 Å². The molecule has 0 saturated carbocycles. The average Bonchev–Trinajstić information content (AvgIpc) is 2.54. The molecule has 4 nitrogen and oxygen atoms in total. The van der Waals surface area contributed by atoms with Gasteiger partial charge in [-0.2, -0.15) is 13.2 Å². The molecule has 2 rings (SSSR count). The molecule has 0 aliphatic rings. The molecule has 2 aromatic rings. The lowest BCUT2D eigenvalue weighted by Crippen LogP contribution is -2.17. The van der Waals surface area contributed by atoms with E-state index in [-0.39, 0.29) is 17.2 Å². The standard InChI is InChI=1S/C18H17F3N2O2/c1-2-6-16(24)22-13-8-5-7-12(11-13)17(25)23-15-10-4-3-9-14(15)18(19,20)21/h3-5,7-11H,2,6H2,1H3,(H,22,24)(H,23,25). The van der Waals surface area contributed by atoms with Gasteiger partial charge in [-0.1, -0.05) is 25.1 Å². The highest BCUT2D eigenvalue weighted by Gasteiger charge is 2.33. The number of nitrogens with one attached hydrogen (secondary N) is 2. The van der Waals surface area contributed by atoms with Crippen molar-refractivity contribution in [1.29, 1.82) is 0 Å². The summed E-state index contributed by atoms with van der Waals surface area (Å²) in [5.74, 6) is -0.884. The third-order valence-corrected chi connectivity index (χ3v) is 3.37. The largest absolute Gasteiger partial charge is 0.418 e. The molecule has 0 aromatic heterocycles. The van der Waals surface area contributed by atoms with E-state index in [0.717, 1.165) is 6.07 Å². The Bertz CT molecular complexity index is 773. The summed E-state index contributed by atoms with van der Waals surface area (Å²) < 4.78 is 38.9. The molecule has 0 aliphatic carbocycles. The number of benzene rings is 2. The number of rotatable bonds is 5. The molecular weight excluding hydrogens is 333 g/mol. The van der Waals surface area contributed by atoms with Crippen LogP contribution >= 0.6 is 0 Å². The fourth-order valence-corrected chi connectivity index (χ4v) is 2.22. The molecule has 25 heavy (non-hydrogen) atoms. The molecule has 2 N–H and O–H groups in total. The lowest BCUT2D eigenvalue weighted by atomic mass is 10.1. The SMILES string of the molecule is CCCC(=O)Nc1cccc(C(=O)Nc2ccccc2C(F)(F)F)c1. The Hall–Kier alpha value is -2.83. The topological polar surface area (TPSA) is 58.2 Å². The quantitative estimate of drug-likeness (QED) is 0.821. The molecule has 132 valence electrons. The summed E-state index contributed by atoms with van der Waals surface area (Å²) in [4.78, 5) is 23.9. The predicted octanol–water partition coefficient (Wildman–Crippen LogP) is 4.70. The molecule has 2 amide bonds. The first kappa shape index (κ1) is 18.5. The van der Waals surface area contributed by atoms with E-state index in [1.54, 1.807) is 12.1 Å². The maximum absolute atomic E-state index is 13.0. The summed E-state index contributed by atoms with van der Waals surface area (Å²) in [5, 5.41) is 4.91. The summed E-state index contributed by atoms with van der Waals surface area (Å²) in [6.45, 7) is 1.86. The Labute approximate surface area is 143 Å². The molecule has 0 radical (unpaired) electrons.